The number of primary amides is 1. The summed E-state index contributed by atoms with van der Waals surface area (Å²) in [5.74, 6) is -0.279. The summed E-state index contributed by atoms with van der Waals surface area (Å²) in [5.41, 5.74) is 6.07. The van der Waals surface area contributed by atoms with Crippen molar-refractivity contribution in [2.24, 2.45) is 11.7 Å². The van der Waals surface area contributed by atoms with Crippen LogP contribution in [-0.2, 0) is 4.79 Å². The zero-order valence-corrected chi connectivity index (χ0v) is 16.6. The van der Waals surface area contributed by atoms with Gasteiger partial charge in [-0.3, -0.25) is 9.59 Å². The number of piperidine rings is 1. The fourth-order valence-corrected chi connectivity index (χ4v) is 3.70. The molecule has 126 valence electrons. The van der Waals surface area contributed by atoms with Gasteiger partial charge in [0.25, 0.3) is 5.91 Å². The topological polar surface area (TPSA) is 75.4 Å². The molecule has 0 radical (unpaired) electrons. The highest BCUT2D eigenvalue weighted by atomic mass is 127. The number of likely N-dealkylation sites (tertiary alicyclic amines) is 1. The Bertz CT molecular complexity index is 582. The van der Waals surface area contributed by atoms with Gasteiger partial charge in [0.05, 0.1) is 11.5 Å². The highest BCUT2D eigenvalue weighted by Gasteiger charge is 2.23. The SMILES string of the molecule is NC(=O)C1CCCN(CCCNC(=O)c2cc(Br)ccc2I)C1. The molecule has 1 unspecified atom stereocenters. The Hall–Kier alpha value is -0.670. The molecule has 3 N–H and O–H groups in total. The van der Waals surface area contributed by atoms with Crippen LogP contribution in [0.2, 0.25) is 0 Å². The number of benzene rings is 1. The van der Waals surface area contributed by atoms with E-state index < -0.39 is 0 Å². The summed E-state index contributed by atoms with van der Waals surface area (Å²) in [6.07, 6.45) is 2.77. The molecule has 0 aromatic heterocycles. The molecule has 1 atom stereocenters. The first-order chi connectivity index (χ1) is 11.0. The molecule has 1 aromatic carbocycles. The number of hydrogen-bond acceptors (Lipinski definition) is 3. The van der Waals surface area contributed by atoms with Crippen LogP contribution in [0, 0.1) is 9.49 Å². The minimum Gasteiger partial charge on any atom is -0.369 e. The van der Waals surface area contributed by atoms with Crippen LogP contribution in [0.4, 0.5) is 0 Å². The Morgan fingerprint density at radius 3 is 2.96 bits per heavy atom. The molecule has 2 rings (SSSR count). The lowest BCUT2D eigenvalue weighted by molar-refractivity contribution is -0.123. The molecule has 0 saturated carbocycles. The Morgan fingerprint density at radius 2 is 2.22 bits per heavy atom. The molecule has 0 bridgehead atoms. The fourth-order valence-electron chi connectivity index (χ4n) is 2.76. The van der Waals surface area contributed by atoms with Gasteiger partial charge in [-0.25, -0.2) is 0 Å². The zero-order valence-electron chi connectivity index (χ0n) is 12.9. The van der Waals surface area contributed by atoms with Gasteiger partial charge in [-0.2, -0.15) is 0 Å². The highest BCUT2D eigenvalue weighted by molar-refractivity contribution is 14.1. The molecule has 2 amide bonds. The molecule has 5 nitrogen and oxygen atoms in total. The maximum atomic E-state index is 12.2. The lowest BCUT2D eigenvalue weighted by atomic mass is 9.97. The van der Waals surface area contributed by atoms with Crippen molar-refractivity contribution in [2.75, 3.05) is 26.2 Å². The molecule has 7 heteroatoms. The van der Waals surface area contributed by atoms with Crippen LogP contribution < -0.4 is 11.1 Å². The van der Waals surface area contributed by atoms with Gasteiger partial charge in [0.1, 0.15) is 0 Å². The van der Waals surface area contributed by atoms with Crippen LogP contribution in [-0.4, -0.2) is 42.9 Å². The summed E-state index contributed by atoms with van der Waals surface area (Å²) in [7, 11) is 0. The number of amides is 2. The normalized spacial score (nSPS) is 18.6. The maximum Gasteiger partial charge on any atom is 0.252 e. The lowest BCUT2D eigenvalue weighted by Gasteiger charge is -2.31. The van der Waals surface area contributed by atoms with Gasteiger partial charge in [-0.1, -0.05) is 15.9 Å². The van der Waals surface area contributed by atoms with Crippen LogP contribution in [0.25, 0.3) is 0 Å². The van der Waals surface area contributed by atoms with E-state index in [9.17, 15) is 9.59 Å². The number of hydrogen-bond donors (Lipinski definition) is 2. The van der Waals surface area contributed by atoms with Gasteiger partial charge >= 0.3 is 0 Å². The zero-order chi connectivity index (χ0) is 16.8. The van der Waals surface area contributed by atoms with Crippen molar-refractivity contribution in [1.82, 2.24) is 10.2 Å². The summed E-state index contributed by atoms with van der Waals surface area (Å²) in [4.78, 5) is 25.7. The van der Waals surface area contributed by atoms with E-state index in [1.807, 2.05) is 18.2 Å². The van der Waals surface area contributed by atoms with Crippen molar-refractivity contribution >= 4 is 50.3 Å². The van der Waals surface area contributed by atoms with Gasteiger partial charge in [-0.15, -0.1) is 0 Å². The molecule has 0 spiro atoms. The number of carbonyl (C=O) groups excluding carboxylic acids is 2. The van der Waals surface area contributed by atoms with E-state index in [1.54, 1.807) is 0 Å². The third kappa shape index (κ3) is 5.72. The van der Waals surface area contributed by atoms with Gasteiger partial charge < -0.3 is 16.0 Å². The molecule has 1 saturated heterocycles. The highest BCUT2D eigenvalue weighted by Crippen LogP contribution is 2.18. The van der Waals surface area contributed by atoms with E-state index in [2.05, 4.69) is 48.7 Å². The predicted molar refractivity (Wildman–Crippen MR) is 102 cm³/mol. The average molecular weight is 494 g/mol. The fraction of sp³-hybridized carbons (Fsp3) is 0.500. The lowest BCUT2D eigenvalue weighted by Crippen LogP contribution is -2.42. The average Bonchev–Trinajstić information content (AvgIpc) is 2.54. The van der Waals surface area contributed by atoms with Crippen molar-refractivity contribution in [3.8, 4) is 0 Å². The second-order valence-corrected chi connectivity index (χ2v) is 7.85. The molecule has 1 fully saturated rings. The van der Waals surface area contributed by atoms with Crippen molar-refractivity contribution in [1.29, 1.82) is 0 Å². The van der Waals surface area contributed by atoms with E-state index in [4.69, 9.17) is 5.73 Å². The minimum atomic E-state index is -0.202. The first-order valence-electron chi connectivity index (χ1n) is 7.72. The maximum absolute atomic E-state index is 12.2. The number of nitrogens with one attached hydrogen (secondary N) is 1. The predicted octanol–water partition coefficient (Wildman–Crippen LogP) is 2.37. The summed E-state index contributed by atoms with van der Waals surface area (Å²) in [5, 5.41) is 2.96. The monoisotopic (exact) mass is 493 g/mol. The van der Waals surface area contributed by atoms with Crippen molar-refractivity contribution in [2.45, 2.75) is 19.3 Å². The molecule has 1 heterocycles. The number of rotatable bonds is 6. The molecule has 1 aliphatic heterocycles. The Labute approximate surface area is 158 Å². The molecule has 0 aliphatic carbocycles. The quantitative estimate of drug-likeness (QED) is 0.472. The van der Waals surface area contributed by atoms with Crippen LogP contribution in [0.5, 0.6) is 0 Å². The summed E-state index contributed by atoms with van der Waals surface area (Å²) in [6, 6.07) is 5.67. The summed E-state index contributed by atoms with van der Waals surface area (Å²) >= 11 is 5.55. The van der Waals surface area contributed by atoms with E-state index >= 15 is 0 Å². The minimum absolute atomic E-state index is 0.0263. The standard InChI is InChI=1S/C16H21BrIN3O2/c17-12-4-5-14(18)13(9-12)16(23)20-6-2-8-21-7-1-3-11(10-21)15(19)22/h4-5,9,11H,1-3,6-8,10H2,(H2,19,22)(H,20,23). The van der Waals surface area contributed by atoms with E-state index in [0.717, 1.165) is 46.9 Å². The van der Waals surface area contributed by atoms with Crippen molar-refractivity contribution in [3.63, 3.8) is 0 Å². The number of halogens is 2. The van der Waals surface area contributed by atoms with Gasteiger partial charge in [0.15, 0.2) is 0 Å². The van der Waals surface area contributed by atoms with E-state index in [1.165, 1.54) is 0 Å². The smallest absolute Gasteiger partial charge is 0.252 e. The first-order valence-corrected chi connectivity index (χ1v) is 9.59. The second-order valence-electron chi connectivity index (χ2n) is 5.78. The third-order valence-electron chi connectivity index (χ3n) is 4.02. The van der Waals surface area contributed by atoms with Crippen molar-refractivity contribution in [3.05, 3.63) is 31.8 Å². The van der Waals surface area contributed by atoms with Crippen LogP contribution in [0.15, 0.2) is 22.7 Å². The second kappa shape index (κ2) is 8.98. The molecule has 1 aromatic rings. The van der Waals surface area contributed by atoms with Crippen LogP contribution >= 0.6 is 38.5 Å². The van der Waals surface area contributed by atoms with E-state index in [0.29, 0.717) is 12.1 Å². The summed E-state index contributed by atoms with van der Waals surface area (Å²) in [6.45, 7) is 3.24. The molecule has 23 heavy (non-hydrogen) atoms. The molecule has 1 aliphatic rings. The molecular weight excluding hydrogens is 473 g/mol. The third-order valence-corrected chi connectivity index (χ3v) is 5.45. The van der Waals surface area contributed by atoms with Crippen LogP contribution in [0.3, 0.4) is 0 Å². The molecular formula is C16H21BrIN3O2. The van der Waals surface area contributed by atoms with Crippen molar-refractivity contribution < 1.29 is 9.59 Å². The number of carbonyl (C=O) groups is 2. The van der Waals surface area contributed by atoms with Crippen LogP contribution in [0.1, 0.15) is 29.6 Å². The number of nitrogens with two attached hydrogens (primary N) is 1. The first kappa shape index (κ1) is 18.7. The Kier molecular flexibility index (Phi) is 7.29. The summed E-state index contributed by atoms with van der Waals surface area (Å²) < 4.78 is 1.83. The van der Waals surface area contributed by atoms with Gasteiger partial charge in [-0.05, 0) is 73.1 Å². The number of nitrogens with zero attached hydrogens (tertiary/aromatic N) is 1. The Balaban J connectivity index is 1.74. The van der Waals surface area contributed by atoms with Gasteiger partial charge in [0, 0.05) is 21.1 Å². The Morgan fingerprint density at radius 1 is 1.43 bits per heavy atom. The largest absolute Gasteiger partial charge is 0.369 e. The van der Waals surface area contributed by atoms with E-state index in [-0.39, 0.29) is 17.7 Å². The van der Waals surface area contributed by atoms with Gasteiger partial charge in [0.2, 0.25) is 5.91 Å².